The Kier molecular flexibility index (Phi) is 3.41. The van der Waals surface area contributed by atoms with Crippen LogP contribution in [0.5, 0.6) is 0 Å². The van der Waals surface area contributed by atoms with Crippen molar-refractivity contribution in [3.63, 3.8) is 0 Å². The van der Waals surface area contributed by atoms with Gasteiger partial charge in [-0.05, 0) is 24.6 Å². The molecule has 0 aliphatic heterocycles. The molecule has 2 rings (SSSR count). The van der Waals surface area contributed by atoms with Gasteiger partial charge in [-0.25, -0.2) is 9.67 Å². The van der Waals surface area contributed by atoms with Gasteiger partial charge in [0.1, 0.15) is 0 Å². The van der Waals surface area contributed by atoms with Crippen LogP contribution < -0.4 is 0 Å². The first kappa shape index (κ1) is 12.9. The number of aldehydes is 1. The molecule has 1 amide bonds. The van der Waals surface area contributed by atoms with Crippen LogP contribution >= 0.6 is 0 Å². The Morgan fingerprint density at radius 3 is 2.74 bits per heavy atom. The molecule has 0 unspecified atom stereocenters. The molecule has 0 N–H and O–H groups in total. The van der Waals surface area contributed by atoms with E-state index in [9.17, 15) is 9.59 Å². The molecule has 0 aliphatic carbocycles. The average Bonchev–Trinajstić information content (AvgIpc) is 2.86. The lowest BCUT2D eigenvalue weighted by molar-refractivity contribution is 0.0821. The maximum absolute atomic E-state index is 11.8. The lowest BCUT2D eigenvalue weighted by Crippen LogP contribution is -2.22. The van der Waals surface area contributed by atoms with Gasteiger partial charge < -0.3 is 4.90 Å². The largest absolute Gasteiger partial charge is 0.343 e. The summed E-state index contributed by atoms with van der Waals surface area (Å²) in [5.74, 6) is 0.435. The average molecular weight is 258 g/mol. The quantitative estimate of drug-likeness (QED) is 0.773. The second-order valence-corrected chi connectivity index (χ2v) is 4.37. The third kappa shape index (κ3) is 2.52. The van der Waals surface area contributed by atoms with E-state index >= 15 is 0 Å². The molecule has 0 aromatic carbocycles. The molecule has 2 aromatic heterocycles. The van der Waals surface area contributed by atoms with Crippen molar-refractivity contribution in [1.82, 2.24) is 19.7 Å². The summed E-state index contributed by atoms with van der Waals surface area (Å²) < 4.78 is 1.53. The monoisotopic (exact) mass is 258 g/mol. The number of rotatable bonds is 3. The molecule has 0 aliphatic rings. The lowest BCUT2D eigenvalue weighted by Gasteiger charge is -2.07. The van der Waals surface area contributed by atoms with Gasteiger partial charge in [0, 0.05) is 32.1 Å². The second-order valence-electron chi connectivity index (χ2n) is 4.37. The summed E-state index contributed by atoms with van der Waals surface area (Å²) in [6, 6.07) is 3.36. The normalized spacial score (nSPS) is 10.3. The third-order valence-corrected chi connectivity index (χ3v) is 2.64. The van der Waals surface area contributed by atoms with Gasteiger partial charge in [0.15, 0.2) is 17.8 Å². The van der Waals surface area contributed by atoms with Gasteiger partial charge >= 0.3 is 0 Å². The van der Waals surface area contributed by atoms with E-state index in [2.05, 4.69) is 10.1 Å². The van der Waals surface area contributed by atoms with E-state index in [1.807, 2.05) is 6.92 Å². The third-order valence-electron chi connectivity index (χ3n) is 2.64. The summed E-state index contributed by atoms with van der Waals surface area (Å²) in [7, 11) is 3.34. The molecule has 0 atom stereocenters. The van der Waals surface area contributed by atoms with Crippen LogP contribution in [0.1, 0.15) is 26.4 Å². The Hall–Kier alpha value is -2.50. The maximum atomic E-state index is 11.8. The fourth-order valence-corrected chi connectivity index (χ4v) is 1.68. The molecule has 0 saturated heterocycles. The Morgan fingerprint density at radius 2 is 2.16 bits per heavy atom. The highest BCUT2D eigenvalue weighted by Crippen LogP contribution is 2.12. The summed E-state index contributed by atoms with van der Waals surface area (Å²) in [5, 5.41) is 4.19. The number of hydrogen-bond acceptors (Lipinski definition) is 4. The van der Waals surface area contributed by atoms with Crippen molar-refractivity contribution in [3.8, 4) is 5.82 Å². The van der Waals surface area contributed by atoms with Crippen LogP contribution in [0.2, 0.25) is 0 Å². The molecule has 0 spiro atoms. The molecule has 0 saturated carbocycles. The van der Waals surface area contributed by atoms with Crippen molar-refractivity contribution in [3.05, 3.63) is 41.3 Å². The highest BCUT2D eigenvalue weighted by molar-refractivity contribution is 5.91. The number of hydrogen-bond donors (Lipinski definition) is 0. The first-order valence-corrected chi connectivity index (χ1v) is 5.72. The van der Waals surface area contributed by atoms with Crippen LogP contribution in [0.15, 0.2) is 24.5 Å². The molecule has 0 fully saturated rings. The van der Waals surface area contributed by atoms with Crippen LogP contribution in [0.3, 0.4) is 0 Å². The summed E-state index contributed by atoms with van der Waals surface area (Å²) >= 11 is 0. The predicted octanol–water partition coefficient (Wildman–Crippen LogP) is 1.09. The van der Waals surface area contributed by atoms with Crippen LogP contribution in [0.4, 0.5) is 0 Å². The zero-order valence-electron chi connectivity index (χ0n) is 11.0. The highest BCUT2D eigenvalue weighted by atomic mass is 16.2. The van der Waals surface area contributed by atoms with E-state index in [0.717, 1.165) is 11.8 Å². The molecular formula is C13H14N4O2. The molecule has 98 valence electrons. The molecule has 0 bridgehead atoms. The topological polar surface area (TPSA) is 68.1 Å². The number of pyridine rings is 1. The Bertz CT molecular complexity index is 631. The van der Waals surface area contributed by atoms with E-state index in [1.165, 1.54) is 15.8 Å². The number of aromatic nitrogens is 3. The van der Waals surface area contributed by atoms with Crippen molar-refractivity contribution >= 4 is 12.2 Å². The first-order chi connectivity index (χ1) is 9.02. The first-order valence-electron chi connectivity index (χ1n) is 5.72. The minimum absolute atomic E-state index is 0.166. The zero-order chi connectivity index (χ0) is 14.0. The molecule has 2 aromatic rings. The van der Waals surface area contributed by atoms with E-state index in [0.29, 0.717) is 17.1 Å². The number of carbonyl (C=O) groups excluding carboxylic acids is 2. The van der Waals surface area contributed by atoms with Gasteiger partial charge in [0.2, 0.25) is 0 Å². The van der Waals surface area contributed by atoms with Crippen LogP contribution in [0, 0.1) is 6.92 Å². The fraction of sp³-hybridized carbons (Fsp3) is 0.231. The second kappa shape index (κ2) is 5.01. The summed E-state index contributed by atoms with van der Waals surface area (Å²) in [5.41, 5.74) is 1.68. The molecular weight excluding hydrogens is 244 g/mol. The number of aryl methyl sites for hydroxylation is 1. The fourth-order valence-electron chi connectivity index (χ4n) is 1.68. The smallest absolute Gasteiger partial charge is 0.273 e. The highest BCUT2D eigenvalue weighted by Gasteiger charge is 2.13. The van der Waals surface area contributed by atoms with Gasteiger partial charge in [0.25, 0.3) is 5.91 Å². The lowest BCUT2D eigenvalue weighted by atomic mass is 10.2. The zero-order valence-corrected chi connectivity index (χ0v) is 11.0. The SMILES string of the molecule is Cc1cc(C=O)cnc1-n1ccc(C(=O)N(C)C)n1. The summed E-state index contributed by atoms with van der Waals surface area (Å²) in [6.07, 6.45) is 3.89. The van der Waals surface area contributed by atoms with Gasteiger partial charge in [-0.3, -0.25) is 9.59 Å². The van der Waals surface area contributed by atoms with Crippen LogP contribution in [0.25, 0.3) is 5.82 Å². The van der Waals surface area contributed by atoms with Crippen LogP contribution in [-0.4, -0.2) is 46.0 Å². The molecule has 2 heterocycles. The number of nitrogens with zero attached hydrogens (tertiary/aromatic N) is 4. The molecule has 0 radical (unpaired) electrons. The Labute approximate surface area is 110 Å². The number of amides is 1. The Morgan fingerprint density at radius 1 is 1.42 bits per heavy atom. The van der Waals surface area contributed by atoms with Crippen molar-refractivity contribution in [1.29, 1.82) is 0 Å². The summed E-state index contributed by atoms with van der Waals surface area (Å²) in [6.45, 7) is 1.84. The van der Waals surface area contributed by atoms with Gasteiger partial charge in [-0.1, -0.05) is 0 Å². The van der Waals surface area contributed by atoms with Crippen molar-refractivity contribution in [2.24, 2.45) is 0 Å². The minimum atomic E-state index is -0.166. The molecule has 6 nitrogen and oxygen atoms in total. The van der Waals surface area contributed by atoms with Gasteiger partial charge in [-0.15, -0.1) is 0 Å². The van der Waals surface area contributed by atoms with E-state index in [1.54, 1.807) is 32.4 Å². The van der Waals surface area contributed by atoms with E-state index in [4.69, 9.17) is 0 Å². The van der Waals surface area contributed by atoms with Crippen molar-refractivity contribution in [2.75, 3.05) is 14.1 Å². The van der Waals surface area contributed by atoms with Crippen LogP contribution in [-0.2, 0) is 0 Å². The van der Waals surface area contributed by atoms with Crippen molar-refractivity contribution < 1.29 is 9.59 Å². The minimum Gasteiger partial charge on any atom is -0.343 e. The standard InChI is InChI=1S/C13H14N4O2/c1-9-6-10(8-18)7-14-12(9)17-5-4-11(15-17)13(19)16(2)3/h4-8H,1-3H3. The van der Waals surface area contributed by atoms with Crippen molar-refractivity contribution in [2.45, 2.75) is 6.92 Å². The van der Waals surface area contributed by atoms with Gasteiger partial charge in [-0.2, -0.15) is 5.10 Å². The van der Waals surface area contributed by atoms with E-state index in [-0.39, 0.29) is 5.91 Å². The van der Waals surface area contributed by atoms with E-state index < -0.39 is 0 Å². The predicted molar refractivity (Wildman–Crippen MR) is 69.5 cm³/mol. The molecule has 19 heavy (non-hydrogen) atoms. The number of carbonyl (C=O) groups is 2. The van der Waals surface area contributed by atoms with Gasteiger partial charge in [0.05, 0.1) is 0 Å². The Balaban J connectivity index is 2.38. The maximum Gasteiger partial charge on any atom is 0.273 e. The summed E-state index contributed by atoms with van der Waals surface area (Å²) in [4.78, 5) is 28.1. The molecule has 6 heteroatoms.